The third-order valence-electron chi connectivity index (χ3n) is 4.39. The molecule has 0 radical (unpaired) electrons. The van der Waals surface area contributed by atoms with E-state index in [1.54, 1.807) is 12.1 Å². The molecule has 2 N–H and O–H groups in total. The van der Waals surface area contributed by atoms with Crippen molar-refractivity contribution in [2.24, 2.45) is 5.73 Å². The van der Waals surface area contributed by atoms with E-state index in [2.05, 4.69) is 52.0 Å². The Kier molecular flexibility index (Phi) is 4.72. The molecule has 1 nitrogen and oxygen atoms in total. The zero-order valence-electron chi connectivity index (χ0n) is 14.0. The number of nitrogens with two attached hydrogens (primary N) is 1. The van der Waals surface area contributed by atoms with Gasteiger partial charge in [-0.05, 0) is 40.7 Å². The maximum atomic E-state index is 13.5. The predicted molar refractivity (Wildman–Crippen MR) is 91.7 cm³/mol. The van der Waals surface area contributed by atoms with Crippen LogP contribution < -0.4 is 5.73 Å². The van der Waals surface area contributed by atoms with Crippen molar-refractivity contribution in [3.05, 3.63) is 71.0 Å². The minimum atomic E-state index is -0.259. The molecule has 22 heavy (non-hydrogen) atoms. The van der Waals surface area contributed by atoms with Crippen LogP contribution in [0.4, 0.5) is 4.39 Å². The molecule has 0 aliphatic carbocycles. The molecule has 1 atom stereocenters. The second-order valence-electron chi connectivity index (χ2n) is 7.40. The van der Waals surface area contributed by atoms with Crippen LogP contribution in [0.15, 0.2) is 48.5 Å². The van der Waals surface area contributed by atoms with E-state index in [9.17, 15) is 4.39 Å². The standard InChI is InChI=1S/C20H26FN/c1-19(2,3)16-10-8-15(9-11-16)13-20(4,14-22)17-6-5-7-18(21)12-17/h5-12H,13-14,22H2,1-4H3. The molecule has 2 rings (SSSR count). The fourth-order valence-electron chi connectivity index (χ4n) is 2.73. The van der Waals surface area contributed by atoms with Crippen molar-refractivity contribution in [3.8, 4) is 0 Å². The summed E-state index contributed by atoms with van der Waals surface area (Å²) in [6.45, 7) is 9.20. The molecule has 0 saturated heterocycles. The minimum Gasteiger partial charge on any atom is -0.330 e. The Labute approximate surface area is 133 Å². The van der Waals surface area contributed by atoms with E-state index in [0.29, 0.717) is 6.54 Å². The summed E-state index contributed by atoms with van der Waals surface area (Å²) in [6.07, 6.45) is 0.803. The van der Waals surface area contributed by atoms with Gasteiger partial charge in [0.2, 0.25) is 0 Å². The first kappa shape index (κ1) is 16.7. The van der Waals surface area contributed by atoms with Crippen molar-refractivity contribution in [2.45, 2.75) is 44.9 Å². The molecule has 0 aliphatic rings. The highest BCUT2D eigenvalue weighted by atomic mass is 19.1. The summed E-state index contributed by atoms with van der Waals surface area (Å²) < 4.78 is 13.5. The lowest BCUT2D eigenvalue weighted by atomic mass is 9.77. The smallest absolute Gasteiger partial charge is 0.123 e. The predicted octanol–water partition coefficient (Wildman–Crippen LogP) is 4.58. The van der Waals surface area contributed by atoms with Crippen LogP contribution in [0, 0.1) is 5.82 Å². The third-order valence-corrected chi connectivity index (χ3v) is 4.39. The Morgan fingerprint density at radius 3 is 2.05 bits per heavy atom. The first-order chi connectivity index (χ1) is 10.2. The normalized spacial score (nSPS) is 14.6. The van der Waals surface area contributed by atoms with Crippen LogP contribution in [-0.2, 0) is 17.3 Å². The zero-order valence-corrected chi connectivity index (χ0v) is 14.0. The van der Waals surface area contributed by atoms with Gasteiger partial charge in [0.25, 0.3) is 0 Å². The first-order valence-electron chi connectivity index (χ1n) is 7.80. The second kappa shape index (κ2) is 6.21. The number of rotatable bonds is 4. The zero-order chi connectivity index (χ0) is 16.4. The van der Waals surface area contributed by atoms with Crippen molar-refractivity contribution in [1.82, 2.24) is 0 Å². The molecule has 0 aliphatic heterocycles. The average Bonchev–Trinajstić information content (AvgIpc) is 2.47. The summed E-state index contributed by atoms with van der Waals surface area (Å²) in [5.74, 6) is -0.208. The van der Waals surface area contributed by atoms with Gasteiger partial charge in [-0.3, -0.25) is 0 Å². The van der Waals surface area contributed by atoms with Gasteiger partial charge in [0, 0.05) is 12.0 Å². The van der Waals surface area contributed by atoms with Crippen molar-refractivity contribution in [3.63, 3.8) is 0 Å². The molecule has 2 heteroatoms. The highest BCUT2D eigenvalue weighted by molar-refractivity contribution is 5.32. The fourth-order valence-corrected chi connectivity index (χ4v) is 2.73. The van der Waals surface area contributed by atoms with E-state index in [1.807, 2.05) is 6.07 Å². The molecule has 2 aromatic rings. The van der Waals surface area contributed by atoms with E-state index in [4.69, 9.17) is 5.73 Å². The minimum absolute atomic E-state index is 0.151. The molecule has 118 valence electrons. The van der Waals surface area contributed by atoms with E-state index < -0.39 is 0 Å². The molecule has 2 aromatic carbocycles. The molecule has 0 amide bonds. The molecular formula is C20H26FN. The van der Waals surface area contributed by atoms with Gasteiger partial charge in [0.05, 0.1) is 0 Å². The van der Waals surface area contributed by atoms with E-state index >= 15 is 0 Å². The molecule has 0 fully saturated rings. The van der Waals surface area contributed by atoms with Gasteiger partial charge in [-0.1, -0.05) is 64.1 Å². The Morgan fingerprint density at radius 2 is 1.55 bits per heavy atom. The van der Waals surface area contributed by atoms with Gasteiger partial charge in [-0.2, -0.15) is 0 Å². The van der Waals surface area contributed by atoms with Crippen LogP contribution in [-0.4, -0.2) is 6.54 Å². The van der Waals surface area contributed by atoms with Gasteiger partial charge < -0.3 is 5.73 Å². The van der Waals surface area contributed by atoms with Gasteiger partial charge in [0.15, 0.2) is 0 Å². The van der Waals surface area contributed by atoms with Crippen molar-refractivity contribution in [1.29, 1.82) is 0 Å². The maximum Gasteiger partial charge on any atom is 0.123 e. The topological polar surface area (TPSA) is 26.0 Å². The summed E-state index contributed by atoms with van der Waals surface area (Å²) in [5.41, 5.74) is 9.40. The van der Waals surface area contributed by atoms with E-state index in [-0.39, 0.29) is 16.6 Å². The molecule has 0 heterocycles. The molecule has 0 spiro atoms. The fraction of sp³-hybridized carbons (Fsp3) is 0.400. The molecule has 0 saturated carbocycles. The number of benzene rings is 2. The van der Waals surface area contributed by atoms with Crippen LogP contribution in [0.3, 0.4) is 0 Å². The number of halogens is 1. The Morgan fingerprint density at radius 1 is 0.909 bits per heavy atom. The van der Waals surface area contributed by atoms with Crippen LogP contribution >= 0.6 is 0 Å². The van der Waals surface area contributed by atoms with Crippen LogP contribution in [0.5, 0.6) is 0 Å². The summed E-state index contributed by atoms with van der Waals surface area (Å²) in [4.78, 5) is 0. The van der Waals surface area contributed by atoms with Crippen LogP contribution in [0.2, 0.25) is 0 Å². The van der Waals surface area contributed by atoms with Gasteiger partial charge in [-0.15, -0.1) is 0 Å². The van der Waals surface area contributed by atoms with Gasteiger partial charge in [-0.25, -0.2) is 4.39 Å². The van der Waals surface area contributed by atoms with Crippen molar-refractivity contribution >= 4 is 0 Å². The van der Waals surface area contributed by atoms with Crippen molar-refractivity contribution in [2.75, 3.05) is 6.54 Å². The molecule has 1 unspecified atom stereocenters. The SMILES string of the molecule is CC(C)(C)c1ccc(CC(C)(CN)c2cccc(F)c2)cc1. The molecule has 0 aromatic heterocycles. The maximum absolute atomic E-state index is 13.5. The summed E-state index contributed by atoms with van der Waals surface area (Å²) >= 11 is 0. The van der Waals surface area contributed by atoms with Crippen LogP contribution in [0.25, 0.3) is 0 Å². The lowest BCUT2D eigenvalue weighted by molar-refractivity contribution is 0.476. The molecule has 0 bridgehead atoms. The Balaban J connectivity index is 2.26. The Hall–Kier alpha value is -1.67. The summed E-state index contributed by atoms with van der Waals surface area (Å²) in [6, 6.07) is 15.5. The largest absolute Gasteiger partial charge is 0.330 e. The highest BCUT2D eigenvalue weighted by Gasteiger charge is 2.26. The summed E-state index contributed by atoms with van der Waals surface area (Å²) in [7, 11) is 0. The molecular weight excluding hydrogens is 273 g/mol. The third kappa shape index (κ3) is 3.75. The second-order valence-corrected chi connectivity index (χ2v) is 7.40. The lowest BCUT2D eigenvalue weighted by Gasteiger charge is -2.29. The lowest BCUT2D eigenvalue weighted by Crippen LogP contribution is -2.34. The average molecular weight is 299 g/mol. The van der Waals surface area contributed by atoms with Gasteiger partial charge in [0.1, 0.15) is 5.82 Å². The van der Waals surface area contributed by atoms with Gasteiger partial charge >= 0.3 is 0 Å². The number of hydrogen-bond acceptors (Lipinski definition) is 1. The summed E-state index contributed by atoms with van der Waals surface area (Å²) in [5, 5.41) is 0. The monoisotopic (exact) mass is 299 g/mol. The van der Waals surface area contributed by atoms with E-state index in [1.165, 1.54) is 17.2 Å². The number of hydrogen-bond donors (Lipinski definition) is 1. The first-order valence-corrected chi connectivity index (χ1v) is 7.80. The van der Waals surface area contributed by atoms with Crippen LogP contribution in [0.1, 0.15) is 44.4 Å². The van der Waals surface area contributed by atoms with Crippen molar-refractivity contribution < 1.29 is 4.39 Å². The van der Waals surface area contributed by atoms with E-state index in [0.717, 1.165) is 12.0 Å². The quantitative estimate of drug-likeness (QED) is 0.878. The Bertz CT molecular complexity index is 625. The highest BCUT2D eigenvalue weighted by Crippen LogP contribution is 2.29.